The van der Waals surface area contributed by atoms with Crippen LogP contribution in [-0.2, 0) is 22.4 Å². The quantitative estimate of drug-likeness (QED) is 0.194. The Morgan fingerprint density at radius 1 is 1.04 bits per heavy atom. The van der Waals surface area contributed by atoms with Crippen molar-refractivity contribution in [3.8, 4) is 28.2 Å². The molecule has 2 aromatic carbocycles. The maximum absolute atomic E-state index is 13.1. The Kier molecular flexibility index (Phi) is 10.6. The average Bonchev–Trinajstić information content (AvgIpc) is 3.47. The van der Waals surface area contributed by atoms with Gasteiger partial charge in [0.25, 0.3) is 5.91 Å². The normalized spacial score (nSPS) is 24.2. The molecule has 6 N–H and O–H groups in total. The molecule has 2 saturated heterocycles. The number of aliphatic hydroxyl groups excluding tert-OH is 4. The molecule has 2 aliphatic rings. The van der Waals surface area contributed by atoms with Crippen LogP contribution in [0.1, 0.15) is 53.9 Å². The van der Waals surface area contributed by atoms with Crippen LogP contribution >= 0.6 is 0 Å². The number of aromatic hydroxyl groups is 1. The van der Waals surface area contributed by atoms with Gasteiger partial charge in [-0.25, -0.2) is 0 Å². The number of morpholine rings is 1. The van der Waals surface area contributed by atoms with Crippen molar-refractivity contribution in [3.63, 3.8) is 0 Å². The molecular weight excluding hydrogens is 582 g/mol. The third-order valence-corrected chi connectivity index (χ3v) is 8.53. The lowest BCUT2D eigenvalue weighted by molar-refractivity contribution is -0.228. The minimum absolute atomic E-state index is 0.0436. The zero-order valence-electron chi connectivity index (χ0n) is 25.8. The van der Waals surface area contributed by atoms with Gasteiger partial charge in [-0.05, 0) is 47.2 Å². The number of phenols is 1. The van der Waals surface area contributed by atoms with Gasteiger partial charge in [-0.1, -0.05) is 43.3 Å². The van der Waals surface area contributed by atoms with Crippen molar-refractivity contribution in [2.45, 2.75) is 70.2 Å². The smallest absolute Gasteiger partial charge is 0.274 e. The monoisotopic (exact) mass is 625 g/mol. The Bertz CT molecular complexity index is 1450. The van der Waals surface area contributed by atoms with Crippen LogP contribution in [0.3, 0.4) is 0 Å². The van der Waals surface area contributed by atoms with E-state index in [-0.39, 0.29) is 29.5 Å². The highest BCUT2D eigenvalue weighted by Crippen LogP contribution is 2.42. The van der Waals surface area contributed by atoms with E-state index in [2.05, 4.69) is 15.4 Å². The van der Waals surface area contributed by atoms with E-state index < -0.39 is 43.0 Å². The van der Waals surface area contributed by atoms with Crippen molar-refractivity contribution in [1.29, 1.82) is 0 Å². The van der Waals surface area contributed by atoms with Crippen molar-refractivity contribution >= 4 is 5.91 Å². The molecule has 244 valence electrons. The lowest BCUT2D eigenvalue weighted by Crippen LogP contribution is -2.59. The topological polar surface area (TPSA) is 178 Å². The highest BCUT2D eigenvalue weighted by Gasteiger charge is 2.43. The molecule has 0 spiro atoms. The second-order valence-corrected chi connectivity index (χ2v) is 12.0. The van der Waals surface area contributed by atoms with E-state index >= 15 is 0 Å². The number of rotatable bonds is 10. The van der Waals surface area contributed by atoms with Crippen LogP contribution < -0.4 is 5.32 Å². The van der Waals surface area contributed by atoms with Gasteiger partial charge in [-0.2, -0.15) is 0 Å². The summed E-state index contributed by atoms with van der Waals surface area (Å²) in [6, 6.07) is 11.2. The van der Waals surface area contributed by atoms with E-state index in [0.717, 1.165) is 30.8 Å². The lowest BCUT2D eigenvalue weighted by Gasteiger charge is -2.40. The Balaban J connectivity index is 1.51. The van der Waals surface area contributed by atoms with E-state index in [1.54, 1.807) is 12.1 Å². The highest BCUT2D eigenvalue weighted by atomic mass is 16.5. The molecule has 0 saturated carbocycles. The molecule has 1 amide bonds. The SMILES string of the molecule is CCNC(=O)c1noc(-c2cc(C(C)C)c(C[C@@H]3O[C@H](CO)[C@H](O)[C@H](O)[C@H]3O)cc2O)c1-c1ccc(CN2CCOCC2)cc1. The molecule has 0 aliphatic carbocycles. The van der Waals surface area contributed by atoms with Gasteiger partial charge in [0.15, 0.2) is 11.5 Å². The fourth-order valence-corrected chi connectivity index (χ4v) is 6.04. The summed E-state index contributed by atoms with van der Waals surface area (Å²) >= 11 is 0. The van der Waals surface area contributed by atoms with E-state index in [1.807, 2.05) is 45.0 Å². The maximum Gasteiger partial charge on any atom is 0.274 e. The van der Waals surface area contributed by atoms with Crippen LogP contribution in [0.25, 0.3) is 22.5 Å². The van der Waals surface area contributed by atoms with Crippen LogP contribution in [0, 0.1) is 0 Å². The summed E-state index contributed by atoms with van der Waals surface area (Å²) < 4.78 is 17.0. The van der Waals surface area contributed by atoms with Crippen LogP contribution in [0.5, 0.6) is 5.75 Å². The van der Waals surface area contributed by atoms with Gasteiger partial charge in [-0.15, -0.1) is 0 Å². The Hall–Kier alpha value is -3.36. The Labute approximate surface area is 262 Å². The number of carbonyl (C=O) groups is 1. The number of benzene rings is 2. The third-order valence-electron chi connectivity index (χ3n) is 8.53. The van der Waals surface area contributed by atoms with Gasteiger partial charge in [0, 0.05) is 32.6 Å². The molecule has 1 aromatic heterocycles. The molecule has 5 atom stereocenters. The van der Waals surface area contributed by atoms with Crippen LogP contribution in [0.15, 0.2) is 40.9 Å². The molecule has 0 radical (unpaired) electrons. The highest BCUT2D eigenvalue weighted by molar-refractivity contribution is 6.02. The summed E-state index contributed by atoms with van der Waals surface area (Å²) in [6.07, 6.45) is -6.24. The molecular formula is C33H43N3O9. The van der Waals surface area contributed by atoms with Gasteiger partial charge in [0.1, 0.15) is 30.2 Å². The number of aliphatic hydroxyl groups is 4. The number of nitrogens with zero attached hydrogens (tertiary/aromatic N) is 2. The fraction of sp³-hybridized carbons (Fsp3) is 0.515. The zero-order chi connectivity index (χ0) is 32.2. The molecule has 0 unspecified atom stereocenters. The number of aromatic nitrogens is 1. The molecule has 12 heteroatoms. The standard InChI is InChI=1S/C33H43N3O9/c1-4-34-33(42)28-27(20-7-5-19(6-8-20)16-36-9-11-43-12-10-36)32(45-35-28)23-15-22(18(2)3)21(13-24(23)38)14-25-29(39)31(41)30(40)26(17-37)44-25/h5-8,13,15,18,25-26,29-31,37-41H,4,9-12,14,16-17H2,1-3H3,(H,34,42)/t25-,26+,29-,30-,31+/m0/s1. The van der Waals surface area contributed by atoms with Crippen molar-refractivity contribution in [3.05, 3.63) is 58.8 Å². The van der Waals surface area contributed by atoms with Gasteiger partial charge in [-0.3, -0.25) is 9.69 Å². The van der Waals surface area contributed by atoms with Gasteiger partial charge >= 0.3 is 0 Å². The summed E-state index contributed by atoms with van der Waals surface area (Å²) in [4.78, 5) is 15.4. The van der Waals surface area contributed by atoms with Crippen molar-refractivity contribution in [1.82, 2.24) is 15.4 Å². The number of ether oxygens (including phenoxy) is 2. The summed E-state index contributed by atoms with van der Waals surface area (Å²) in [7, 11) is 0. The van der Waals surface area contributed by atoms with E-state index in [1.165, 1.54) is 0 Å². The number of carbonyl (C=O) groups excluding carboxylic acids is 1. The first-order chi connectivity index (χ1) is 21.6. The summed E-state index contributed by atoms with van der Waals surface area (Å²) in [5.41, 5.74) is 4.16. The minimum atomic E-state index is -1.50. The first-order valence-corrected chi connectivity index (χ1v) is 15.5. The average molecular weight is 626 g/mol. The zero-order valence-corrected chi connectivity index (χ0v) is 25.8. The predicted octanol–water partition coefficient (Wildman–Crippen LogP) is 1.80. The van der Waals surface area contributed by atoms with Gasteiger partial charge in [0.2, 0.25) is 0 Å². The van der Waals surface area contributed by atoms with E-state index in [9.17, 15) is 30.3 Å². The maximum atomic E-state index is 13.1. The molecule has 12 nitrogen and oxygen atoms in total. The van der Waals surface area contributed by atoms with E-state index in [0.29, 0.717) is 42.0 Å². The van der Waals surface area contributed by atoms with Gasteiger partial charge < -0.3 is 44.8 Å². The van der Waals surface area contributed by atoms with Crippen molar-refractivity contribution in [2.75, 3.05) is 39.5 Å². The number of nitrogens with one attached hydrogen (secondary N) is 1. The number of phenolic OH excluding ortho intramolecular Hbond substituents is 1. The Morgan fingerprint density at radius 2 is 1.73 bits per heavy atom. The van der Waals surface area contributed by atoms with Crippen molar-refractivity contribution in [2.24, 2.45) is 0 Å². The van der Waals surface area contributed by atoms with Gasteiger partial charge in [0.05, 0.1) is 37.1 Å². The van der Waals surface area contributed by atoms with E-state index in [4.69, 9.17) is 14.0 Å². The second-order valence-electron chi connectivity index (χ2n) is 12.0. The minimum Gasteiger partial charge on any atom is -0.507 e. The predicted molar refractivity (Wildman–Crippen MR) is 165 cm³/mol. The Morgan fingerprint density at radius 3 is 2.38 bits per heavy atom. The fourth-order valence-electron chi connectivity index (χ4n) is 6.04. The van der Waals surface area contributed by atoms with Crippen LogP contribution in [-0.4, -0.2) is 111 Å². The first kappa shape index (κ1) is 33.0. The van der Waals surface area contributed by atoms with Crippen LogP contribution in [0.2, 0.25) is 0 Å². The first-order valence-electron chi connectivity index (χ1n) is 15.5. The molecule has 2 fully saturated rings. The molecule has 0 bridgehead atoms. The summed E-state index contributed by atoms with van der Waals surface area (Å²) in [5.74, 6) is -0.348. The number of hydrogen-bond acceptors (Lipinski definition) is 11. The number of amides is 1. The number of hydrogen-bond donors (Lipinski definition) is 6. The lowest BCUT2D eigenvalue weighted by atomic mass is 9.86. The van der Waals surface area contributed by atoms with Crippen LogP contribution in [0.4, 0.5) is 0 Å². The summed E-state index contributed by atoms with van der Waals surface area (Å²) in [5, 5.41) is 59.0. The third kappa shape index (κ3) is 7.07. The second kappa shape index (κ2) is 14.4. The molecule has 3 heterocycles. The molecule has 3 aromatic rings. The van der Waals surface area contributed by atoms with Crippen molar-refractivity contribution < 1.29 is 44.3 Å². The molecule has 45 heavy (non-hydrogen) atoms. The molecule has 2 aliphatic heterocycles. The molecule has 5 rings (SSSR count). The largest absolute Gasteiger partial charge is 0.507 e. The summed E-state index contributed by atoms with van der Waals surface area (Å²) in [6.45, 7) is 9.55.